The van der Waals surface area contributed by atoms with Gasteiger partial charge in [0.2, 0.25) is 5.91 Å². The molecule has 3 nitrogen and oxygen atoms in total. The van der Waals surface area contributed by atoms with E-state index in [1.165, 1.54) is 11.4 Å². The molecule has 0 radical (unpaired) electrons. The number of hydrogen-bond donors (Lipinski definition) is 2. The number of rotatable bonds is 3. The van der Waals surface area contributed by atoms with Crippen molar-refractivity contribution in [2.75, 3.05) is 0 Å². The van der Waals surface area contributed by atoms with Gasteiger partial charge in [-0.15, -0.1) is 0 Å². The van der Waals surface area contributed by atoms with Crippen LogP contribution in [0.4, 0.5) is 26.3 Å². The Labute approximate surface area is 211 Å². The van der Waals surface area contributed by atoms with Crippen LogP contribution in [0.15, 0.2) is 48.5 Å². The molecule has 3 aliphatic rings. The van der Waals surface area contributed by atoms with Crippen molar-refractivity contribution < 1.29 is 36.2 Å². The van der Waals surface area contributed by atoms with Crippen molar-refractivity contribution in [3.05, 3.63) is 65.2 Å². The van der Waals surface area contributed by atoms with Gasteiger partial charge in [-0.05, 0) is 90.5 Å². The van der Waals surface area contributed by atoms with Gasteiger partial charge in [0, 0.05) is 5.92 Å². The summed E-state index contributed by atoms with van der Waals surface area (Å²) in [4.78, 5) is 13.4. The highest BCUT2D eigenvalue weighted by Crippen LogP contribution is 2.63. The Morgan fingerprint density at radius 1 is 0.946 bits per heavy atom. The SMILES string of the molecule is C[C@]12CC[C@@H]3c4ccc(O)cc4CC[C@H]3[C@@H]1CCC2C(=O)NC(c1ccccc1)(C(F)(F)F)C(F)(F)F. The van der Waals surface area contributed by atoms with Crippen LogP contribution in [-0.4, -0.2) is 23.4 Å². The highest BCUT2D eigenvalue weighted by Gasteiger charge is 2.73. The summed E-state index contributed by atoms with van der Waals surface area (Å²) in [6.45, 7) is 1.86. The zero-order valence-electron chi connectivity index (χ0n) is 20.3. The number of fused-ring (bicyclic) bond motifs is 5. The van der Waals surface area contributed by atoms with Crippen molar-refractivity contribution in [3.63, 3.8) is 0 Å². The number of aromatic hydroxyl groups is 1. The average Bonchev–Trinajstić information content (AvgIpc) is 3.18. The van der Waals surface area contributed by atoms with Crippen molar-refractivity contribution in [3.8, 4) is 5.75 Å². The first-order chi connectivity index (χ1) is 17.3. The van der Waals surface area contributed by atoms with Crippen molar-refractivity contribution in [2.24, 2.45) is 23.2 Å². The Balaban J connectivity index is 1.46. The van der Waals surface area contributed by atoms with Gasteiger partial charge < -0.3 is 10.4 Å². The number of benzene rings is 2. The van der Waals surface area contributed by atoms with Crippen LogP contribution in [0.2, 0.25) is 0 Å². The predicted octanol–water partition coefficient (Wildman–Crippen LogP) is 7.00. The standard InChI is InChI=1S/C28H29F6NO2/c1-25-14-13-20-19-10-8-18(36)15-16(19)7-9-21(20)22(25)11-12-23(25)24(37)35-26(27(29,30)31,28(32,33)34)17-5-3-2-4-6-17/h2-6,8,10,15,20-23,36H,7,9,11-14H2,1H3,(H,35,37)/t20-,21-,22+,23?,25+/m1/s1. The van der Waals surface area contributed by atoms with Crippen LogP contribution in [0.5, 0.6) is 5.75 Å². The summed E-state index contributed by atoms with van der Waals surface area (Å²) in [6.07, 6.45) is -7.97. The number of phenols is 1. The molecule has 1 unspecified atom stereocenters. The Hall–Kier alpha value is -2.71. The van der Waals surface area contributed by atoms with Crippen molar-refractivity contribution in [1.82, 2.24) is 5.32 Å². The van der Waals surface area contributed by atoms with Gasteiger partial charge in [-0.1, -0.05) is 43.3 Å². The second-order valence-electron chi connectivity index (χ2n) is 11.1. The topological polar surface area (TPSA) is 49.3 Å². The van der Waals surface area contributed by atoms with Gasteiger partial charge in [-0.25, -0.2) is 0 Å². The molecule has 2 aromatic rings. The molecule has 3 aliphatic carbocycles. The van der Waals surface area contributed by atoms with E-state index in [0.29, 0.717) is 19.3 Å². The van der Waals surface area contributed by atoms with Crippen LogP contribution in [-0.2, 0) is 16.8 Å². The van der Waals surface area contributed by atoms with E-state index < -0.39 is 40.7 Å². The number of carbonyl (C=O) groups excluding carboxylic acids is 1. The van der Waals surface area contributed by atoms with Crippen molar-refractivity contribution in [2.45, 2.75) is 69.3 Å². The molecule has 2 saturated carbocycles. The van der Waals surface area contributed by atoms with Gasteiger partial charge in [0.05, 0.1) is 0 Å². The van der Waals surface area contributed by atoms with Gasteiger partial charge in [0.25, 0.3) is 5.54 Å². The van der Waals surface area contributed by atoms with E-state index in [0.717, 1.165) is 48.2 Å². The molecule has 2 aromatic carbocycles. The van der Waals surface area contributed by atoms with Crippen LogP contribution in [0.25, 0.3) is 0 Å². The second-order valence-corrected chi connectivity index (χ2v) is 11.1. The van der Waals surface area contributed by atoms with Gasteiger partial charge in [-0.2, -0.15) is 26.3 Å². The summed E-state index contributed by atoms with van der Waals surface area (Å²) < 4.78 is 85.6. The molecule has 1 amide bonds. The molecule has 9 heteroatoms. The molecule has 2 fully saturated rings. The molecule has 0 spiro atoms. The molecule has 0 heterocycles. The van der Waals surface area contributed by atoms with Crippen LogP contribution in [0.3, 0.4) is 0 Å². The Kier molecular flexibility index (Phi) is 6.07. The Morgan fingerprint density at radius 2 is 1.62 bits per heavy atom. The van der Waals surface area contributed by atoms with E-state index >= 15 is 0 Å². The summed E-state index contributed by atoms with van der Waals surface area (Å²) in [6, 6.07) is 10.4. The van der Waals surface area contributed by atoms with Crippen molar-refractivity contribution in [1.29, 1.82) is 0 Å². The molecule has 0 saturated heterocycles. The van der Waals surface area contributed by atoms with Crippen LogP contribution < -0.4 is 5.32 Å². The van der Waals surface area contributed by atoms with Crippen LogP contribution in [0.1, 0.15) is 61.6 Å². The first-order valence-electron chi connectivity index (χ1n) is 12.6. The summed E-state index contributed by atoms with van der Waals surface area (Å²) in [5, 5.41) is 11.4. The molecule has 200 valence electrons. The van der Waals surface area contributed by atoms with E-state index in [4.69, 9.17) is 0 Å². The maximum absolute atomic E-state index is 14.3. The monoisotopic (exact) mass is 525 g/mol. The third kappa shape index (κ3) is 3.91. The van der Waals surface area contributed by atoms with E-state index in [9.17, 15) is 36.2 Å². The molecule has 0 aliphatic heterocycles. The highest BCUT2D eigenvalue weighted by atomic mass is 19.4. The van der Waals surface area contributed by atoms with E-state index in [2.05, 4.69) is 0 Å². The quantitative estimate of drug-likeness (QED) is 0.424. The summed E-state index contributed by atoms with van der Waals surface area (Å²) in [5.41, 5.74) is -4.00. The molecule has 37 heavy (non-hydrogen) atoms. The van der Waals surface area contributed by atoms with Gasteiger partial charge in [-0.3, -0.25) is 4.79 Å². The number of phenolic OH excluding ortho intramolecular Hbond substituents is 1. The number of aryl methyl sites for hydroxylation is 1. The molecule has 2 N–H and O–H groups in total. The van der Waals surface area contributed by atoms with Gasteiger partial charge in [0.1, 0.15) is 5.75 Å². The third-order valence-corrected chi connectivity index (χ3v) is 9.39. The predicted molar refractivity (Wildman–Crippen MR) is 125 cm³/mol. The van der Waals surface area contributed by atoms with Crippen molar-refractivity contribution >= 4 is 5.91 Å². The maximum Gasteiger partial charge on any atom is 0.424 e. The summed E-state index contributed by atoms with van der Waals surface area (Å²) in [5.74, 6) is -1.52. The largest absolute Gasteiger partial charge is 0.508 e. The lowest BCUT2D eigenvalue weighted by Crippen LogP contribution is -2.66. The lowest BCUT2D eigenvalue weighted by atomic mass is 9.54. The number of hydrogen-bond acceptors (Lipinski definition) is 2. The van der Waals surface area contributed by atoms with Gasteiger partial charge >= 0.3 is 12.4 Å². The van der Waals surface area contributed by atoms with E-state index in [-0.39, 0.29) is 29.9 Å². The lowest BCUT2D eigenvalue weighted by molar-refractivity contribution is -0.312. The number of alkyl halides is 6. The average molecular weight is 526 g/mol. The molecule has 5 atom stereocenters. The minimum absolute atomic E-state index is 0.0202. The molecule has 0 aromatic heterocycles. The van der Waals surface area contributed by atoms with Crippen LogP contribution in [0, 0.1) is 23.2 Å². The zero-order valence-corrected chi connectivity index (χ0v) is 20.3. The number of nitrogens with one attached hydrogen (secondary N) is 1. The fraction of sp³-hybridized carbons (Fsp3) is 0.536. The number of carbonyl (C=O) groups is 1. The fourth-order valence-corrected chi connectivity index (χ4v) is 7.66. The molecular weight excluding hydrogens is 496 g/mol. The Bertz CT molecular complexity index is 1160. The highest BCUT2D eigenvalue weighted by molar-refractivity contribution is 5.81. The van der Waals surface area contributed by atoms with E-state index in [1.54, 1.807) is 12.1 Å². The molecular formula is C28H29F6NO2. The zero-order chi connectivity index (χ0) is 26.8. The second kappa shape index (κ2) is 8.67. The van der Waals surface area contributed by atoms with Gasteiger partial charge in [0.15, 0.2) is 0 Å². The third-order valence-electron chi connectivity index (χ3n) is 9.39. The van der Waals surface area contributed by atoms with E-state index in [1.807, 2.05) is 13.0 Å². The molecule has 0 bridgehead atoms. The first kappa shape index (κ1) is 25.9. The fourth-order valence-electron chi connectivity index (χ4n) is 7.66. The maximum atomic E-state index is 14.3. The first-order valence-corrected chi connectivity index (χ1v) is 12.6. The van der Waals surface area contributed by atoms with Crippen LogP contribution >= 0.6 is 0 Å². The minimum atomic E-state index is -5.79. The number of halogens is 6. The molecule has 5 rings (SSSR count). The smallest absolute Gasteiger partial charge is 0.424 e. The minimum Gasteiger partial charge on any atom is -0.508 e. The normalized spacial score (nSPS) is 29.7. The Morgan fingerprint density at radius 3 is 2.27 bits per heavy atom. The lowest BCUT2D eigenvalue weighted by Gasteiger charge is -2.51. The summed E-state index contributed by atoms with van der Waals surface area (Å²) >= 11 is 0. The summed E-state index contributed by atoms with van der Waals surface area (Å²) in [7, 11) is 0. The number of amides is 1.